The van der Waals surface area contributed by atoms with Crippen molar-refractivity contribution in [1.29, 1.82) is 0 Å². The molecule has 0 spiro atoms. The molecule has 31 heavy (non-hydrogen) atoms. The maximum Gasteiger partial charge on any atom is 0.193 e. The number of benzene rings is 2. The minimum absolute atomic E-state index is 0.0182. The number of fused-ring (bicyclic) bond motifs is 1. The van der Waals surface area contributed by atoms with Gasteiger partial charge in [0, 0.05) is 37.5 Å². The van der Waals surface area contributed by atoms with Crippen molar-refractivity contribution in [2.75, 3.05) is 46.6 Å². The Labute approximate surface area is 180 Å². The van der Waals surface area contributed by atoms with E-state index in [-0.39, 0.29) is 29.8 Å². The lowest BCUT2D eigenvalue weighted by Gasteiger charge is -2.20. The van der Waals surface area contributed by atoms with Crippen LogP contribution in [0.25, 0.3) is 22.2 Å². The normalized spacial score (nSPS) is 11.2. The summed E-state index contributed by atoms with van der Waals surface area (Å²) in [7, 11) is 1.48. The summed E-state index contributed by atoms with van der Waals surface area (Å²) in [5.74, 6) is 0.475. The highest BCUT2D eigenvalue weighted by molar-refractivity contribution is 5.93. The Hall–Kier alpha value is -3.07. The fraction of sp³-hybridized carbons (Fsp3) is 0.348. The smallest absolute Gasteiger partial charge is 0.193 e. The molecule has 0 saturated heterocycles. The molecule has 0 aliphatic rings. The van der Waals surface area contributed by atoms with E-state index in [4.69, 9.17) is 19.7 Å². The molecular weight excluding hydrogens is 400 g/mol. The minimum Gasteiger partial charge on any atom is -0.507 e. The lowest BCUT2D eigenvalue weighted by Crippen LogP contribution is -2.31. The summed E-state index contributed by atoms with van der Waals surface area (Å²) < 4.78 is 11.4. The Bertz CT molecular complexity index is 1050. The van der Waals surface area contributed by atoms with Crippen LogP contribution >= 0.6 is 0 Å². The molecule has 0 radical (unpaired) electrons. The van der Waals surface area contributed by atoms with Gasteiger partial charge in [-0.05, 0) is 12.0 Å². The SMILES string of the molecule is COc1c(OCCCN(CCO)CCO)cc(O)c2c(=O)cc(-c3ccccc3)[nH]c12. The second-order valence-corrected chi connectivity index (χ2v) is 7.08. The molecule has 0 bridgehead atoms. The molecule has 0 fully saturated rings. The van der Waals surface area contributed by atoms with Gasteiger partial charge < -0.3 is 29.8 Å². The second-order valence-electron chi connectivity index (χ2n) is 7.08. The number of phenolic OH excluding ortho intramolecular Hbond substituents is 1. The van der Waals surface area contributed by atoms with Gasteiger partial charge in [0.25, 0.3) is 0 Å². The molecule has 3 aromatic rings. The van der Waals surface area contributed by atoms with Crippen LogP contribution in [0, 0.1) is 0 Å². The first-order valence-corrected chi connectivity index (χ1v) is 10.2. The maximum atomic E-state index is 12.7. The quantitative estimate of drug-likeness (QED) is 0.345. The van der Waals surface area contributed by atoms with E-state index in [1.54, 1.807) is 0 Å². The predicted octanol–water partition coefficient (Wildman–Crippen LogP) is 1.96. The second kappa shape index (κ2) is 10.8. The van der Waals surface area contributed by atoms with Crippen LogP contribution in [0.3, 0.4) is 0 Å². The molecule has 1 heterocycles. The minimum atomic E-state index is -0.321. The van der Waals surface area contributed by atoms with E-state index < -0.39 is 0 Å². The van der Waals surface area contributed by atoms with E-state index in [1.807, 2.05) is 35.2 Å². The molecule has 3 rings (SSSR count). The standard InChI is InChI=1S/C23H28N2O6/c1-30-23-20(31-13-5-8-25(9-11-26)10-12-27)15-19(29)21-18(28)14-17(24-22(21)23)16-6-3-2-4-7-16/h2-4,6-7,14-15,26-27,29H,5,8-13H2,1H3,(H,24,28). The average molecular weight is 428 g/mol. The highest BCUT2D eigenvalue weighted by atomic mass is 16.5. The predicted molar refractivity (Wildman–Crippen MR) is 119 cm³/mol. The Kier molecular flexibility index (Phi) is 7.88. The van der Waals surface area contributed by atoms with Crippen molar-refractivity contribution in [1.82, 2.24) is 9.88 Å². The van der Waals surface area contributed by atoms with E-state index in [0.29, 0.717) is 55.4 Å². The Balaban J connectivity index is 1.87. The third-order valence-corrected chi connectivity index (χ3v) is 5.00. The molecule has 0 aliphatic heterocycles. The number of rotatable bonds is 11. The number of aromatic hydroxyl groups is 1. The van der Waals surface area contributed by atoms with Gasteiger partial charge in [0.05, 0.1) is 32.3 Å². The van der Waals surface area contributed by atoms with E-state index in [1.165, 1.54) is 19.2 Å². The number of phenols is 1. The van der Waals surface area contributed by atoms with Crippen LogP contribution in [-0.4, -0.2) is 71.8 Å². The van der Waals surface area contributed by atoms with Crippen molar-refractivity contribution in [2.45, 2.75) is 6.42 Å². The molecule has 0 aliphatic carbocycles. The van der Waals surface area contributed by atoms with Crippen molar-refractivity contribution >= 4 is 10.9 Å². The van der Waals surface area contributed by atoms with Crippen LogP contribution < -0.4 is 14.9 Å². The number of ether oxygens (including phenoxy) is 2. The summed E-state index contributed by atoms with van der Waals surface area (Å²) in [4.78, 5) is 17.8. The fourth-order valence-corrected chi connectivity index (χ4v) is 3.54. The van der Waals surface area contributed by atoms with Crippen LogP contribution in [0.5, 0.6) is 17.2 Å². The highest BCUT2D eigenvalue weighted by Crippen LogP contribution is 2.39. The number of aromatic nitrogens is 1. The van der Waals surface area contributed by atoms with Gasteiger partial charge in [-0.1, -0.05) is 30.3 Å². The van der Waals surface area contributed by atoms with Crippen LogP contribution in [0.1, 0.15) is 6.42 Å². The number of methoxy groups -OCH3 is 1. The number of pyridine rings is 1. The molecule has 0 saturated carbocycles. The summed E-state index contributed by atoms with van der Waals surface area (Å²) in [6.07, 6.45) is 0.641. The Morgan fingerprint density at radius 1 is 1.03 bits per heavy atom. The van der Waals surface area contributed by atoms with E-state index in [0.717, 1.165) is 5.56 Å². The number of hydrogen-bond acceptors (Lipinski definition) is 7. The molecular formula is C23H28N2O6. The number of aliphatic hydroxyl groups is 2. The van der Waals surface area contributed by atoms with Gasteiger partial charge in [0.1, 0.15) is 11.3 Å². The summed E-state index contributed by atoms with van der Waals surface area (Å²) in [6, 6.07) is 12.3. The van der Waals surface area contributed by atoms with Crippen LogP contribution in [0.15, 0.2) is 47.3 Å². The van der Waals surface area contributed by atoms with Gasteiger partial charge >= 0.3 is 0 Å². The first-order valence-electron chi connectivity index (χ1n) is 10.2. The number of H-pyrrole nitrogens is 1. The average Bonchev–Trinajstić information content (AvgIpc) is 2.77. The van der Waals surface area contributed by atoms with Gasteiger partial charge in [0.2, 0.25) is 0 Å². The van der Waals surface area contributed by atoms with Crippen molar-refractivity contribution in [3.8, 4) is 28.5 Å². The third kappa shape index (κ3) is 5.35. The van der Waals surface area contributed by atoms with E-state index in [9.17, 15) is 9.90 Å². The maximum absolute atomic E-state index is 12.7. The Morgan fingerprint density at radius 3 is 2.39 bits per heavy atom. The van der Waals surface area contributed by atoms with Crippen LogP contribution in [0.4, 0.5) is 0 Å². The van der Waals surface area contributed by atoms with Gasteiger partial charge in [-0.15, -0.1) is 0 Å². The summed E-state index contributed by atoms with van der Waals surface area (Å²) in [6.45, 7) is 1.96. The summed E-state index contributed by atoms with van der Waals surface area (Å²) in [5, 5.41) is 28.8. The van der Waals surface area contributed by atoms with Crippen molar-refractivity contribution in [2.24, 2.45) is 0 Å². The number of aromatic amines is 1. The molecule has 166 valence electrons. The van der Waals surface area contributed by atoms with Crippen molar-refractivity contribution in [3.63, 3.8) is 0 Å². The molecule has 0 unspecified atom stereocenters. The summed E-state index contributed by atoms with van der Waals surface area (Å²) in [5.41, 5.74) is 1.49. The van der Waals surface area contributed by atoms with Gasteiger partial charge in [-0.25, -0.2) is 0 Å². The van der Waals surface area contributed by atoms with E-state index >= 15 is 0 Å². The lowest BCUT2D eigenvalue weighted by atomic mass is 10.1. The first kappa shape index (κ1) is 22.6. The number of hydrogen-bond donors (Lipinski definition) is 4. The first-order chi connectivity index (χ1) is 15.1. The lowest BCUT2D eigenvalue weighted by molar-refractivity contribution is 0.152. The Morgan fingerprint density at radius 2 is 1.74 bits per heavy atom. The van der Waals surface area contributed by atoms with Crippen molar-refractivity contribution < 1.29 is 24.8 Å². The number of aliphatic hydroxyl groups excluding tert-OH is 2. The highest BCUT2D eigenvalue weighted by Gasteiger charge is 2.18. The third-order valence-electron chi connectivity index (χ3n) is 5.00. The molecule has 8 nitrogen and oxygen atoms in total. The number of nitrogens with zero attached hydrogens (tertiary/aromatic N) is 1. The molecule has 2 aromatic carbocycles. The van der Waals surface area contributed by atoms with Crippen LogP contribution in [0.2, 0.25) is 0 Å². The molecule has 0 amide bonds. The van der Waals surface area contributed by atoms with E-state index in [2.05, 4.69) is 4.98 Å². The zero-order valence-corrected chi connectivity index (χ0v) is 17.5. The van der Waals surface area contributed by atoms with Gasteiger partial charge in [-0.2, -0.15) is 0 Å². The molecule has 1 aromatic heterocycles. The topological polar surface area (TPSA) is 115 Å². The fourth-order valence-electron chi connectivity index (χ4n) is 3.54. The van der Waals surface area contributed by atoms with Gasteiger partial charge in [-0.3, -0.25) is 9.69 Å². The monoisotopic (exact) mass is 428 g/mol. The number of nitrogens with one attached hydrogen (secondary N) is 1. The van der Waals surface area contributed by atoms with Gasteiger partial charge in [0.15, 0.2) is 16.9 Å². The molecule has 8 heteroatoms. The van der Waals surface area contributed by atoms with Crippen LogP contribution in [-0.2, 0) is 0 Å². The zero-order chi connectivity index (χ0) is 22.2. The largest absolute Gasteiger partial charge is 0.507 e. The molecule has 4 N–H and O–H groups in total. The molecule has 0 atom stereocenters. The zero-order valence-electron chi connectivity index (χ0n) is 17.5. The summed E-state index contributed by atoms with van der Waals surface area (Å²) >= 11 is 0. The van der Waals surface area contributed by atoms with Crippen molar-refractivity contribution in [3.05, 3.63) is 52.7 Å².